The Morgan fingerprint density at radius 3 is 2.29 bits per heavy atom. The molecule has 0 radical (unpaired) electrons. The van der Waals surface area contributed by atoms with Gasteiger partial charge in [-0.25, -0.2) is 0 Å². The minimum Gasteiger partial charge on any atom is -0.353 e. The van der Waals surface area contributed by atoms with Crippen molar-refractivity contribution in [2.24, 2.45) is 23.5 Å². The molecule has 24 heavy (non-hydrogen) atoms. The van der Waals surface area contributed by atoms with Crippen molar-refractivity contribution in [1.82, 2.24) is 10.2 Å². The third-order valence-electron chi connectivity index (χ3n) is 6.10. The van der Waals surface area contributed by atoms with E-state index in [4.69, 9.17) is 5.73 Å². The molecule has 5 nitrogen and oxygen atoms in total. The van der Waals surface area contributed by atoms with Crippen LogP contribution in [0.1, 0.15) is 66.2 Å². The quantitative estimate of drug-likeness (QED) is 0.826. The third-order valence-corrected chi connectivity index (χ3v) is 6.10. The van der Waals surface area contributed by atoms with Crippen molar-refractivity contribution < 1.29 is 9.59 Å². The van der Waals surface area contributed by atoms with Crippen LogP contribution in [0, 0.1) is 17.8 Å². The summed E-state index contributed by atoms with van der Waals surface area (Å²) in [5.41, 5.74) is 6.00. The van der Waals surface area contributed by atoms with Gasteiger partial charge >= 0.3 is 0 Å². The van der Waals surface area contributed by atoms with Gasteiger partial charge < -0.3 is 16.0 Å². The van der Waals surface area contributed by atoms with E-state index in [2.05, 4.69) is 19.2 Å². The summed E-state index contributed by atoms with van der Waals surface area (Å²) in [6.07, 6.45) is 5.56. The summed E-state index contributed by atoms with van der Waals surface area (Å²) >= 11 is 0. The predicted molar refractivity (Wildman–Crippen MR) is 96.3 cm³/mol. The number of likely N-dealkylation sites (tertiary alicyclic amines) is 1. The summed E-state index contributed by atoms with van der Waals surface area (Å²) in [5.74, 6) is 0.756. The number of piperidine rings is 1. The van der Waals surface area contributed by atoms with Gasteiger partial charge in [0.15, 0.2) is 0 Å². The lowest BCUT2D eigenvalue weighted by atomic mass is 9.73. The van der Waals surface area contributed by atoms with E-state index in [-0.39, 0.29) is 35.2 Å². The highest BCUT2D eigenvalue weighted by Crippen LogP contribution is 2.33. The van der Waals surface area contributed by atoms with Gasteiger partial charge in [-0.1, -0.05) is 26.7 Å². The molecule has 3 N–H and O–H groups in total. The molecule has 5 heteroatoms. The molecule has 3 unspecified atom stereocenters. The minimum atomic E-state index is -0.379. The molecule has 1 heterocycles. The molecular weight excluding hydrogens is 302 g/mol. The van der Waals surface area contributed by atoms with Crippen molar-refractivity contribution in [1.29, 1.82) is 0 Å². The van der Waals surface area contributed by atoms with Gasteiger partial charge in [-0.3, -0.25) is 9.59 Å². The Bertz CT molecular complexity index is 454. The van der Waals surface area contributed by atoms with Crippen LogP contribution in [0.2, 0.25) is 0 Å². The van der Waals surface area contributed by atoms with E-state index in [0.717, 1.165) is 38.5 Å². The number of nitrogens with zero attached hydrogens (tertiary/aromatic N) is 1. The summed E-state index contributed by atoms with van der Waals surface area (Å²) < 4.78 is 0. The molecule has 2 rings (SSSR count). The third kappa shape index (κ3) is 4.50. The number of carbonyl (C=O) groups is 2. The van der Waals surface area contributed by atoms with Crippen LogP contribution in [-0.2, 0) is 9.59 Å². The second-order valence-electron chi connectivity index (χ2n) is 8.45. The number of hydrogen-bond acceptors (Lipinski definition) is 3. The molecule has 138 valence electrons. The Morgan fingerprint density at radius 1 is 1.12 bits per heavy atom. The van der Waals surface area contributed by atoms with Gasteiger partial charge in [-0.2, -0.15) is 0 Å². The summed E-state index contributed by atoms with van der Waals surface area (Å²) in [5, 5.41) is 3.11. The molecule has 0 aromatic heterocycles. The first-order valence-corrected chi connectivity index (χ1v) is 9.60. The van der Waals surface area contributed by atoms with Crippen molar-refractivity contribution in [2.45, 2.75) is 77.8 Å². The second kappa shape index (κ2) is 7.85. The van der Waals surface area contributed by atoms with Crippen LogP contribution >= 0.6 is 0 Å². The van der Waals surface area contributed by atoms with E-state index in [0.29, 0.717) is 19.0 Å². The number of amides is 2. The van der Waals surface area contributed by atoms with Crippen LogP contribution in [0.3, 0.4) is 0 Å². The maximum Gasteiger partial charge on any atom is 0.227 e. The fourth-order valence-electron chi connectivity index (χ4n) is 3.86. The smallest absolute Gasteiger partial charge is 0.227 e. The first kappa shape index (κ1) is 19.2. The highest BCUT2D eigenvalue weighted by Gasteiger charge is 2.40. The fourth-order valence-corrected chi connectivity index (χ4v) is 3.86. The molecule has 1 aliphatic heterocycles. The molecule has 1 saturated carbocycles. The van der Waals surface area contributed by atoms with E-state index in [1.807, 2.05) is 18.7 Å². The molecule has 2 amide bonds. The minimum absolute atomic E-state index is 0.0332. The molecule has 3 atom stereocenters. The van der Waals surface area contributed by atoms with Gasteiger partial charge in [0.05, 0.1) is 5.92 Å². The Hall–Kier alpha value is -1.10. The first-order chi connectivity index (χ1) is 11.2. The Kier molecular flexibility index (Phi) is 6.29. The summed E-state index contributed by atoms with van der Waals surface area (Å²) in [7, 11) is 0. The van der Waals surface area contributed by atoms with Gasteiger partial charge in [0, 0.05) is 30.6 Å². The lowest BCUT2D eigenvalue weighted by Gasteiger charge is -2.41. The lowest BCUT2D eigenvalue weighted by molar-refractivity contribution is -0.142. The zero-order valence-electron chi connectivity index (χ0n) is 15.8. The lowest BCUT2D eigenvalue weighted by Crippen LogP contribution is -2.55. The number of nitrogens with one attached hydrogen (secondary N) is 1. The standard InChI is InChI=1S/C19H35N3O2/c1-13(2)14(3)21-17(23)15-8-11-22(12-9-15)18(24)16-7-5-6-10-19(16,4)20/h13-16H,5-12,20H2,1-4H3,(H,21,23). The van der Waals surface area contributed by atoms with E-state index in [1.165, 1.54) is 0 Å². The molecule has 0 aromatic rings. The molecule has 0 spiro atoms. The zero-order chi connectivity index (χ0) is 17.9. The van der Waals surface area contributed by atoms with Crippen LogP contribution in [0.5, 0.6) is 0 Å². The molecule has 1 saturated heterocycles. The summed E-state index contributed by atoms with van der Waals surface area (Å²) in [4.78, 5) is 27.2. The molecular formula is C19H35N3O2. The maximum atomic E-state index is 12.9. The van der Waals surface area contributed by atoms with Crippen molar-refractivity contribution >= 4 is 11.8 Å². The van der Waals surface area contributed by atoms with Crippen molar-refractivity contribution in [3.8, 4) is 0 Å². The highest BCUT2D eigenvalue weighted by molar-refractivity contribution is 5.82. The first-order valence-electron chi connectivity index (χ1n) is 9.60. The Morgan fingerprint density at radius 2 is 1.75 bits per heavy atom. The van der Waals surface area contributed by atoms with Crippen LogP contribution in [-0.4, -0.2) is 41.4 Å². The number of nitrogens with two attached hydrogens (primary N) is 1. The fraction of sp³-hybridized carbons (Fsp3) is 0.895. The van der Waals surface area contributed by atoms with Crippen molar-refractivity contribution in [3.05, 3.63) is 0 Å². The SMILES string of the molecule is CC(C)C(C)NC(=O)C1CCN(C(=O)C2CCCCC2(C)N)CC1. The predicted octanol–water partition coefficient (Wildman–Crippen LogP) is 2.29. The average molecular weight is 338 g/mol. The van der Waals surface area contributed by atoms with Gasteiger partial charge in [0.2, 0.25) is 11.8 Å². The zero-order valence-corrected chi connectivity index (χ0v) is 15.8. The van der Waals surface area contributed by atoms with Crippen LogP contribution in [0.25, 0.3) is 0 Å². The number of hydrogen-bond donors (Lipinski definition) is 2. The van der Waals surface area contributed by atoms with E-state index in [9.17, 15) is 9.59 Å². The molecule has 1 aliphatic carbocycles. The van der Waals surface area contributed by atoms with Gasteiger partial charge in [0.1, 0.15) is 0 Å². The van der Waals surface area contributed by atoms with E-state index in [1.54, 1.807) is 0 Å². The topological polar surface area (TPSA) is 75.4 Å². The molecule has 2 aliphatic rings. The maximum absolute atomic E-state index is 12.9. The van der Waals surface area contributed by atoms with Gasteiger partial charge in [-0.15, -0.1) is 0 Å². The Balaban J connectivity index is 1.86. The van der Waals surface area contributed by atoms with Gasteiger partial charge in [0.25, 0.3) is 0 Å². The number of rotatable bonds is 4. The molecule has 0 bridgehead atoms. The van der Waals surface area contributed by atoms with Crippen LogP contribution in [0.4, 0.5) is 0 Å². The number of carbonyl (C=O) groups excluding carboxylic acids is 2. The summed E-state index contributed by atoms with van der Waals surface area (Å²) in [6, 6.07) is 0.192. The highest BCUT2D eigenvalue weighted by atomic mass is 16.2. The van der Waals surface area contributed by atoms with E-state index >= 15 is 0 Å². The molecule has 0 aromatic carbocycles. The normalized spacial score (nSPS) is 30.2. The Labute approximate surface area is 146 Å². The van der Waals surface area contributed by atoms with Crippen LogP contribution < -0.4 is 11.1 Å². The molecule has 2 fully saturated rings. The second-order valence-corrected chi connectivity index (χ2v) is 8.45. The van der Waals surface area contributed by atoms with Crippen molar-refractivity contribution in [2.75, 3.05) is 13.1 Å². The van der Waals surface area contributed by atoms with Crippen LogP contribution in [0.15, 0.2) is 0 Å². The van der Waals surface area contributed by atoms with Crippen molar-refractivity contribution in [3.63, 3.8) is 0 Å². The summed E-state index contributed by atoms with van der Waals surface area (Å²) in [6.45, 7) is 9.65. The largest absolute Gasteiger partial charge is 0.353 e. The van der Waals surface area contributed by atoms with Gasteiger partial charge in [-0.05, 0) is 45.4 Å². The van der Waals surface area contributed by atoms with E-state index < -0.39 is 0 Å². The monoisotopic (exact) mass is 337 g/mol. The average Bonchev–Trinajstić information content (AvgIpc) is 2.53.